The zero-order valence-electron chi connectivity index (χ0n) is 7.23. The van der Waals surface area contributed by atoms with Crippen LogP contribution in [0.3, 0.4) is 0 Å². The fourth-order valence-electron chi connectivity index (χ4n) is 0.544. The largest absolute Gasteiger partial charge is 0.366 e. The van der Waals surface area contributed by atoms with E-state index in [2.05, 4.69) is 37.2 Å². The lowest BCUT2D eigenvalue weighted by Crippen LogP contribution is -2.24. The second kappa shape index (κ2) is 4.00. The van der Waals surface area contributed by atoms with Gasteiger partial charge < -0.3 is 4.90 Å². The number of hydrogen-bond acceptors (Lipinski definition) is 1. The van der Waals surface area contributed by atoms with Crippen LogP contribution in [-0.2, 0) is 0 Å². The SMILES string of the molecule is C=C(C#CC)N(C)C(C)C. The second-order valence-corrected chi connectivity index (χ2v) is 2.53. The van der Waals surface area contributed by atoms with Gasteiger partial charge in [0.15, 0.2) is 0 Å². The van der Waals surface area contributed by atoms with Crippen molar-refractivity contribution in [3.8, 4) is 11.8 Å². The van der Waals surface area contributed by atoms with Gasteiger partial charge in [0.1, 0.15) is 0 Å². The highest BCUT2D eigenvalue weighted by Gasteiger charge is 2.01. The van der Waals surface area contributed by atoms with E-state index in [1.54, 1.807) is 0 Å². The molecule has 0 aliphatic rings. The Hall–Kier alpha value is -0.900. The lowest BCUT2D eigenvalue weighted by atomic mass is 10.3. The third kappa shape index (κ3) is 2.59. The molecule has 0 unspecified atom stereocenters. The molecule has 0 radical (unpaired) electrons. The topological polar surface area (TPSA) is 3.24 Å². The highest BCUT2D eigenvalue weighted by molar-refractivity contribution is 5.23. The standard InChI is InChI=1S/C9H15N/c1-6-7-9(4)10(5)8(2)3/h8H,4H2,1-3,5H3. The van der Waals surface area contributed by atoms with Crippen LogP contribution >= 0.6 is 0 Å². The summed E-state index contributed by atoms with van der Waals surface area (Å²) in [7, 11) is 2.00. The van der Waals surface area contributed by atoms with Crippen molar-refractivity contribution < 1.29 is 0 Å². The molecule has 0 spiro atoms. The molecule has 0 aliphatic heterocycles. The molecule has 0 aromatic rings. The highest BCUT2D eigenvalue weighted by atomic mass is 15.1. The Morgan fingerprint density at radius 1 is 1.50 bits per heavy atom. The summed E-state index contributed by atoms with van der Waals surface area (Å²) in [6.07, 6.45) is 0. The van der Waals surface area contributed by atoms with Gasteiger partial charge in [-0.3, -0.25) is 0 Å². The molecule has 0 atom stereocenters. The van der Waals surface area contributed by atoms with Crippen molar-refractivity contribution in [2.24, 2.45) is 0 Å². The van der Waals surface area contributed by atoms with Crippen LogP contribution in [0.2, 0.25) is 0 Å². The van der Waals surface area contributed by atoms with E-state index in [-0.39, 0.29) is 0 Å². The van der Waals surface area contributed by atoms with Crippen LogP contribution in [0.25, 0.3) is 0 Å². The lowest BCUT2D eigenvalue weighted by Gasteiger charge is -2.22. The van der Waals surface area contributed by atoms with E-state index in [0.717, 1.165) is 5.70 Å². The normalized spacial score (nSPS) is 8.50. The molecule has 0 aliphatic carbocycles. The summed E-state index contributed by atoms with van der Waals surface area (Å²) in [6, 6.07) is 0.480. The van der Waals surface area contributed by atoms with Crippen LogP contribution in [-0.4, -0.2) is 18.0 Å². The molecule has 0 heterocycles. The summed E-state index contributed by atoms with van der Waals surface area (Å²) in [6.45, 7) is 9.86. The van der Waals surface area contributed by atoms with E-state index in [1.807, 2.05) is 14.0 Å². The summed E-state index contributed by atoms with van der Waals surface area (Å²) in [5, 5.41) is 0. The summed E-state index contributed by atoms with van der Waals surface area (Å²) in [5.74, 6) is 5.72. The minimum Gasteiger partial charge on any atom is -0.366 e. The molecule has 0 amide bonds. The van der Waals surface area contributed by atoms with Gasteiger partial charge in [-0.25, -0.2) is 0 Å². The third-order valence-electron chi connectivity index (χ3n) is 1.47. The predicted molar refractivity (Wildman–Crippen MR) is 45.5 cm³/mol. The maximum atomic E-state index is 3.82. The first kappa shape index (κ1) is 9.10. The van der Waals surface area contributed by atoms with Gasteiger partial charge in [-0.2, -0.15) is 0 Å². The number of allylic oxidation sites excluding steroid dienone is 1. The Balaban J connectivity index is 4.04. The zero-order chi connectivity index (χ0) is 8.15. The van der Waals surface area contributed by atoms with Crippen molar-refractivity contribution in [2.45, 2.75) is 26.8 Å². The van der Waals surface area contributed by atoms with Crippen LogP contribution in [0.1, 0.15) is 20.8 Å². The fraction of sp³-hybridized carbons (Fsp3) is 0.556. The maximum absolute atomic E-state index is 3.82. The van der Waals surface area contributed by atoms with Gasteiger partial charge in [0.2, 0.25) is 0 Å². The second-order valence-electron chi connectivity index (χ2n) is 2.53. The first-order valence-electron chi connectivity index (χ1n) is 3.44. The predicted octanol–water partition coefficient (Wildman–Crippen LogP) is 1.86. The van der Waals surface area contributed by atoms with Crippen molar-refractivity contribution in [2.75, 3.05) is 7.05 Å². The van der Waals surface area contributed by atoms with Crippen LogP contribution in [0, 0.1) is 11.8 Å². The zero-order valence-corrected chi connectivity index (χ0v) is 7.23. The number of nitrogens with zero attached hydrogens (tertiary/aromatic N) is 1. The molecule has 1 nitrogen and oxygen atoms in total. The van der Waals surface area contributed by atoms with Gasteiger partial charge in [0.25, 0.3) is 0 Å². The molecule has 0 rings (SSSR count). The van der Waals surface area contributed by atoms with Crippen LogP contribution in [0.15, 0.2) is 12.3 Å². The van der Waals surface area contributed by atoms with E-state index in [1.165, 1.54) is 0 Å². The lowest BCUT2D eigenvalue weighted by molar-refractivity contribution is 0.359. The molecule has 0 aromatic heterocycles. The minimum atomic E-state index is 0.480. The molecule has 1 heteroatoms. The maximum Gasteiger partial charge on any atom is 0.0806 e. The first-order chi connectivity index (χ1) is 4.59. The Labute approximate surface area is 63.7 Å². The van der Waals surface area contributed by atoms with E-state index >= 15 is 0 Å². The Kier molecular flexibility index (Phi) is 3.64. The van der Waals surface area contributed by atoms with Gasteiger partial charge in [-0.1, -0.05) is 18.4 Å². The Morgan fingerprint density at radius 2 is 2.00 bits per heavy atom. The molecule has 0 N–H and O–H groups in total. The van der Waals surface area contributed by atoms with Crippen molar-refractivity contribution in [3.05, 3.63) is 12.3 Å². The summed E-state index contributed by atoms with van der Waals surface area (Å²) in [5.41, 5.74) is 0.887. The summed E-state index contributed by atoms with van der Waals surface area (Å²) >= 11 is 0. The Morgan fingerprint density at radius 3 is 2.30 bits per heavy atom. The van der Waals surface area contributed by atoms with Crippen molar-refractivity contribution in [1.82, 2.24) is 4.90 Å². The van der Waals surface area contributed by atoms with Gasteiger partial charge in [-0.15, -0.1) is 0 Å². The molecule has 0 saturated carbocycles. The van der Waals surface area contributed by atoms with Crippen LogP contribution in [0.5, 0.6) is 0 Å². The van der Waals surface area contributed by atoms with Crippen molar-refractivity contribution in [1.29, 1.82) is 0 Å². The van der Waals surface area contributed by atoms with E-state index in [0.29, 0.717) is 6.04 Å². The molecule has 10 heavy (non-hydrogen) atoms. The molecule has 0 fully saturated rings. The van der Waals surface area contributed by atoms with Crippen molar-refractivity contribution in [3.63, 3.8) is 0 Å². The molecule has 0 bridgehead atoms. The quantitative estimate of drug-likeness (QED) is 0.525. The van der Waals surface area contributed by atoms with Gasteiger partial charge >= 0.3 is 0 Å². The first-order valence-corrected chi connectivity index (χ1v) is 3.44. The smallest absolute Gasteiger partial charge is 0.0806 e. The Bertz CT molecular complexity index is 169. The highest BCUT2D eigenvalue weighted by Crippen LogP contribution is 2.01. The fourth-order valence-corrected chi connectivity index (χ4v) is 0.544. The summed E-state index contributed by atoms with van der Waals surface area (Å²) in [4.78, 5) is 2.05. The molecule has 0 aromatic carbocycles. The van der Waals surface area contributed by atoms with E-state index in [4.69, 9.17) is 0 Å². The number of hydrogen-bond donors (Lipinski definition) is 0. The van der Waals surface area contributed by atoms with Crippen LogP contribution < -0.4 is 0 Å². The van der Waals surface area contributed by atoms with Crippen molar-refractivity contribution >= 4 is 0 Å². The molecule has 56 valence electrons. The molecule has 0 saturated heterocycles. The van der Waals surface area contributed by atoms with Gasteiger partial charge in [0, 0.05) is 13.1 Å². The van der Waals surface area contributed by atoms with Gasteiger partial charge in [-0.05, 0) is 20.8 Å². The number of rotatable bonds is 2. The monoisotopic (exact) mass is 137 g/mol. The average molecular weight is 137 g/mol. The summed E-state index contributed by atoms with van der Waals surface area (Å²) < 4.78 is 0. The molecular formula is C9H15N. The molecular weight excluding hydrogens is 122 g/mol. The van der Waals surface area contributed by atoms with E-state index < -0.39 is 0 Å². The van der Waals surface area contributed by atoms with E-state index in [9.17, 15) is 0 Å². The van der Waals surface area contributed by atoms with Gasteiger partial charge in [0.05, 0.1) is 5.70 Å². The third-order valence-corrected chi connectivity index (χ3v) is 1.47. The average Bonchev–Trinajstić information content (AvgIpc) is 1.87. The van der Waals surface area contributed by atoms with Crippen LogP contribution in [0.4, 0.5) is 0 Å². The minimum absolute atomic E-state index is 0.480.